The third-order valence-electron chi connectivity index (χ3n) is 3.95. The van der Waals surface area contributed by atoms with E-state index in [4.69, 9.17) is 11.6 Å². The molecule has 0 spiro atoms. The van der Waals surface area contributed by atoms with Crippen LogP contribution in [0.15, 0.2) is 35.1 Å². The van der Waals surface area contributed by atoms with E-state index >= 15 is 0 Å². The van der Waals surface area contributed by atoms with Crippen LogP contribution < -0.4 is 5.56 Å². The van der Waals surface area contributed by atoms with E-state index in [1.165, 1.54) is 16.7 Å². The van der Waals surface area contributed by atoms with Gasteiger partial charge in [-0.15, -0.1) is 0 Å². The van der Waals surface area contributed by atoms with E-state index in [1.807, 2.05) is 26.0 Å². The zero-order valence-electron chi connectivity index (χ0n) is 13.4. The molecule has 1 aromatic heterocycles. The van der Waals surface area contributed by atoms with Crippen LogP contribution in [0.25, 0.3) is 22.3 Å². The topological polar surface area (TPSA) is 34.9 Å². The summed E-state index contributed by atoms with van der Waals surface area (Å²) in [6.45, 7) is 3.90. The van der Waals surface area contributed by atoms with Crippen molar-refractivity contribution in [3.8, 4) is 11.4 Å². The number of rotatable bonds is 2. The second-order valence-corrected chi connectivity index (χ2v) is 7.60. The van der Waals surface area contributed by atoms with Gasteiger partial charge in [0.25, 0.3) is 5.56 Å². The fraction of sp³-hybridized carbons (Fsp3) is 0.222. The summed E-state index contributed by atoms with van der Waals surface area (Å²) in [6, 6.07) is 8.13. The molecule has 0 saturated heterocycles. The largest absolute Gasteiger partial charge is 0.295 e. The van der Waals surface area contributed by atoms with Gasteiger partial charge in [0.05, 0.1) is 16.5 Å². The van der Waals surface area contributed by atoms with Crippen LogP contribution >= 0.6 is 27.5 Å². The molecule has 0 amide bonds. The number of aryl methyl sites for hydroxylation is 1. The van der Waals surface area contributed by atoms with Crippen molar-refractivity contribution in [3.05, 3.63) is 62.7 Å². The maximum atomic E-state index is 14.3. The van der Waals surface area contributed by atoms with Gasteiger partial charge in [-0.05, 0) is 49.2 Å². The summed E-state index contributed by atoms with van der Waals surface area (Å²) in [4.78, 5) is 17.4. The number of halogens is 3. The molecule has 3 rings (SSSR count). The first-order valence-corrected chi connectivity index (χ1v) is 8.69. The van der Waals surface area contributed by atoms with Crippen molar-refractivity contribution in [2.45, 2.75) is 18.7 Å². The van der Waals surface area contributed by atoms with Crippen LogP contribution in [0.4, 0.5) is 4.39 Å². The minimum absolute atomic E-state index is 0.0161. The Morgan fingerprint density at radius 3 is 2.62 bits per heavy atom. The molecular formula is C18H15BrClFN2O. The van der Waals surface area contributed by atoms with Crippen LogP contribution in [0.2, 0.25) is 5.02 Å². The summed E-state index contributed by atoms with van der Waals surface area (Å²) in [6.07, 6.45) is 0. The number of fused-ring (bicyclic) bond motifs is 1. The van der Waals surface area contributed by atoms with Gasteiger partial charge in [0.2, 0.25) is 0 Å². The maximum absolute atomic E-state index is 14.3. The van der Waals surface area contributed by atoms with Crippen LogP contribution in [0.5, 0.6) is 0 Å². The molecule has 0 fully saturated rings. The first-order chi connectivity index (χ1) is 11.3. The lowest BCUT2D eigenvalue weighted by atomic mass is 10.0. The summed E-state index contributed by atoms with van der Waals surface area (Å²) < 4.78 is 15.7. The van der Waals surface area contributed by atoms with Gasteiger partial charge in [-0.2, -0.15) is 0 Å². The van der Waals surface area contributed by atoms with Crippen molar-refractivity contribution in [1.29, 1.82) is 0 Å². The lowest BCUT2D eigenvalue weighted by molar-refractivity contribution is 0.628. The maximum Gasteiger partial charge on any atom is 0.261 e. The van der Waals surface area contributed by atoms with E-state index in [9.17, 15) is 9.18 Å². The number of alkyl halides is 1. The third kappa shape index (κ3) is 2.87. The molecule has 0 aliphatic rings. The average molecular weight is 410 g/mol. The molecule has 0 bridgehead atoms. The van der Waals surface area contributed by atoms with Gasteiger partial charge < -0.3 is 0 Å². The van der Waals surface area contributed by atoms with Crippen molar-refractivity contribution >= 4 is 38.4 Å². The molecule has 0 radical (unpaired) electrons. The highest BCUT2D eigenvalue weighted by Gasteiger charge is 2.17. The predicted octanol–water partition coefficient (Wildman–Crippen LogP) is 5.16. The molecule has 0 N–H and O–H groups in total. The summed E-state index contributed by atoms with van der Waals surface area (Å²) in [7, 11) is 1.59. The smallest absolute Gasteiger partial charge is 0.261 e. The molecule has 0 saturated carbocycles. The van der Waals surface area contributed by atoms with Crippen molar-refractivity contribution in [1.82, 2.24) is 9.55 Å². The minimum Gasteiger partial charge on any atom is -0.295 e. The average Bonchev–Trinajstić information content (AvgIpc) is 2.51. The molecular weight excluding hydrogens is 395 g/mol. The lowest BCUT2D eigenvalue weighted by Gasteiger charge is -2.14. The van der Waals surface area contributed by atoms with Gasteiger partial charge >= 0.3 is 0 Å². The molecule has 1 atom stereocenters. The Bertz CT molecular complexity index is 1010. The number of hydrogen-bond acceptors (Lipinski definition) is 2. The fourth-order valence-electron chi connectivity index (χ4n) is 2.77. The van der Waals surface area contributed by atoms with Crippen LogP contribution in [-0.4, -0.2) is 9.55 Å². The second kappa shape index (κ2) is 6.30. The molecule has 1 heterocycles. The molecule has 3 aromatic rings. The minimum atomic E-state index is -0.509. The van der Waals surface area contributed by atoms with E-state index < -0.39 is 5.82 Å². The molecule has 1 unspecified atom stereocenters. The molecule has 0 aliphatic heterocycles. The predicted molar refractivity (Wildman–Crippen MR) is 99.5 cm³/mol. The standard InChI is InChI=1S/C18H15BrClFN2O/c1-9-6-13(10(2)19)16-14(7-9)18(24)23(3)17(22-16)12-5-4-11(20)8-15(12)21/h4-8,10H,1-3H3. The Hall–Kier alpha value is -1.72. The van der Waals surface area contributed by atoms with E-state index in [-0.39, 0.29) is 21.8 Å². The van der Waals surface area contributed by atoms with Gasteiger partial charge in [-0.1, -0.05) is 33.6 Å². The van der Waals surface area contributed by atoms with Crippen LogP contribution in [0.1, 0.15) is 22.9 Å². The Morgan fingerprint density at radius 2 is 2.00 bits per heavy atom. The van der Waals surface area contributed by atoms with Gasteiger partial charge in [0, 0.05) is 16.9 Å². The zero-order chi connectivity index (χ0) is 17.6. The SMILES string of the molecule is Cc1cc(C(C)Br)c2nc(-c3ccc(Cl)cc3F)n(C)c(=O)c2c1. The molecule has 0 aliphatic carbocycles. The lowest BCUT2D eigenvalue weighted by Crippen LogP contribution is -2.21. The van der Waals surface area contributed by atoms with Gasteiger partial charge in [-0.25, -0.2) is 9.37 Å². The van der Waals surface area contributed by atoms with Crippen LogP contribution in [0, 0.1) is 12.7 Å². The van der Waals surface area contributed by atoms with E-state index in [1.54, 1.807) is 13.1 Å². The number of nitrogens with zero attached hydrogens (tertiary/aromatic N) is 2. The highest BCUT2D eigenvalue weighted by atomic mass is 79.9. The summed E-state index contributed by atoms with van der Waals surface area (Å²) in [5.41, 5.74) is 2.50. The van der Waals surface area contributed by atoms with Crippen LogP contribution in [0.3, 0.4) is 0 Å². The van der Waals surface area contributed by atoms with Crippen molar-refractivity contribution in [3.63, 3.8) is 0 Å². The normalized spacial score (nSPS) is 12.6. The van der Waals surface area contributed by atoms with E-state index in [0.29, 0.717) is 15.9 Å². The Balaban J connectivity index is 2.43. The van der Waals surface area contributed by atoms with E-state index in [2.05, 4.69) is 20.9 Å². The number of aromatic nitrogens is 2. The zero-order valence-corrected chi connectivity index (χ0v) is 15.7. The molecule has 3 nitrogen and oxygen atoms in total. The molecule has 6 heteroatoms. The van der Waals surface area contributed by atoms with Gasteiger partial charge in [-0.3, -0.25) is 9.36 Å². The number of benzene rings is 2. The second-order valence-electron chi connectivity index (χ2n) is 5.79. The third-order valence-corrected chi connectivity index (χ3v) is 4.68. The van der Waals surface area contributed by atoms with Crippen molar-refractivity contribution < 1.29 is 4.39 Å². The Kier molecular flexibility index (Phi) is 4.49. The highest BCUT2D eigenvalue weighted by Crippen LogP contribution is 2.30. The van der Waals surface area contributed by atoms with Crippen LogP contribution in [-0.2, 0) is 7.05 Å². The first kappa shape index (κ1) is 17.1. The van der Waals surface area contributed by atoms with Crippen molar-refractivity contribution in [2.24, 2.45) is 7.05 Å². The van der Waals surface area contributed by atoms with Gasteiger partial charge in [0.1, 0.15) is 11.6 Å². The highest BCUT2D eigenvalue weighted by molar-refractivity contribution is 9.09. The Morgan fingerprint density at radius 1 is 1.29 bits per heavy atom. The van der Waals surface area contributed by atoms with E-state index in [0.717, 1.165) is 11.1 Å². The monoisotopic (exact) mass is 408 g/mol. The Labute approximate surface area is 152 Å². The molecule has 124 valence electrons. The summed E-state index contributed by atoms with van der Waals surface area (Å²) in [5, 5.41) is 0.823. The summed E-state index contributed by atoms with van der Waals surface area (Å²) >= 11 is 9.36. The summed E-state index contributed by atoms with van der Waals surface area (Å²) in [5.74, 6) is -0.232. The first-order valence-electron chi connectivity index (χ1n) is 7.40. The quantitative estimate of drug-likeness (QED) is 0.548. The molecule has 24 heavy (non-hydrogen) atoms. The van der Waals surface area contributed by atoms with Crippen molar-refractivity contribution in [2.75, 3.05) is 0 Å². The molecule has 2 aromatic carbocycles. The van der Waals surface area contributed by atoms with Gasteiger partial charge in [0.15, 0.2) is 0 Å². The fourth-order valence-corrected chi connectivity index (χ4v) is 3.28. The number of hydrogen-bond donors (Lipinski definition) is 0.